The molecule has 2 heterocycles. The lowest BCUT2D eigenvalue weighted by Crippen LogP contribution is -2.35. The van der Waals surface area contributed by atoms with Gasteiger partial charge in [-0.1, -0.05) is 18.2 Å². The van der Waals surface area contributed by atoms with Crippen LogP contribution in [0.1, 0.15) is 35.7 Å². The standard InChI is InChI=1S/C22H18F2N2O/c23-17-10-16(11-18(24)12-17)21-20-6-3-9-25(20)19-5-2-1-4-15(19)13-26(21)22(27)14-7-8-14/h1-6,9-12,14,21H,7-8,13H2. The lowest BCUT2D eigenvalue weighted by molar-refractivity contribution is -0.135. The van der Waals surface area contributed by atoms with Gasteiger partial charge in [-0.2, -0.15) is 0 Å². The van der Waals surface area contributed by atoms with E-state index < -0.39 is 17.7 Å². The smallest absolute Gasteiger partial charge is 0.226 e. The highest BCUT2D eigenvalue weighted by atomic mass is 19.1. The van der Waals surface area contributed by atoms with E-state index in [1.807, 2.05) is 47.2 Å². The fraction of sp³-hybridized carbons (Fsp3) is 0.227. The van der Waals surface area contributed by atoms with Crippen LogP contribution in [0.2, 0.25) is 0 Å². The molecule has 0 N–H and O–H groups in total. The van der Waals surface area contributed by atoms with Gasteiger partial charge in [0.05, 0.1) is 11.7 Å². The molecule has 0 saturated heterocycles. The van der Waals surface area contributed by atoms with Crippen molar-refractivity contribution in [2.24, 2.45) is 5.92 Å². The summed E-state index contributed by atoms with van der Waals surface area (Å²) in [5, 5.41) is 0. The molecule has 2 aliphatic rings. The molecule has 1 aliphatic heterocycles. The van der Waals surface area contributed by atoms with E-state index in [-0.39, 0.29) is 11.8 Å². The van der Waals surface area contributed by atoms with Crippen LogP contribution in [0.4, 0.5) is 8.78 Å². The summed E-state index contributed by atoms with van der Waals surface area (Å²) in [5.74, 6) is -1.21. The number of fused-ring (bicyclic) bond motifs is 3. The summed E-state index contributed by atoms with van der Waals surface area (Å²) in [4.78, 5) is 14.9. The second-order valence-corrected chi connectivity index (χ2v) is 7.28. The third-order valence-electron chi connectivity index (χ3n) is 5.37. The van der Waals surface area contributed by atoms with Gasteiger partial charge in [0.1, 0.15) is 11.6 Å². The minimum atomic E-state index is -0.635. The van der Waals surface area contributed by atoms with Crippen molar-refractivity contribution in [1.82, 2.24) is 9.47 Å². The highest BCUT2D eigenvalue weighted by Crippen LogP contribution is 2.41. The predicted molar refractivity (Wildman–Crippen MR) is 97.2 cm³/mol. The van der Waals surface area contributed by atoms with Crippen molar-refractivity contribution in [2.75, 3.05) is 0 Å². The molecule has 136 valence electrons. The molecule has 1 fully saturated rings. The molecule has 1 aliphatic carbocycles. The first-order chi connectivity index (χ1) is 13.1. The van der Waals surface area contributed by atoms with Crippen LogP contribution in [0, 0.1) is 17.6 Å². The Morgan fingerprint density at radius 3 is 2.44 bits per heavy atom. The maximum absolute atomic E-state index is 14.0. The molecule has 1 unspecified atom stereocenters. The summed E-state index contributed by atoms with van der Waals surface area (Å²) in [6.07, 6.45) is 3.69. The number of hydrogen-bond donors (Lipinski definition) is 0. The third kappa shape index (κ3) is 2.74. The molecule has 2 aromatic carbocycles. The number of benzene rings is 2. The van der Waals surface area contributed by atoms with Crippen molar-refractivity contribution >= 4 is 5.91 Å². The minimum absolute atomic E-state index is 0.0135. The van der Waals surface area contributed by atoms with Crippen molar-refractivity contribution in [3.05, 3.63) is 89.2 Å². The van der Waals surface area contributed by atoms with Crippen molar-refractivity contribution < 1.29 is 13.6 Å². The first-order valence-corrected chi connectivity index (χ1v) is 9.14. The second-order valence-electron chi connectivity index (χ2n) is 7.28. The molecule has 1 amide bonds. The Balaban J connectivity index is 1.74. The Kier molecular flexibility index (Phi) is 3.64. The summed E-state index contributed by atoms with van der Waals surface area (Å²) >= 11 is 0. The van der Waals surface area contributed by atoms with Gasteiger partial charge in [-0.3, -0.25) is 4.79 Å². The van der Waals surface area contributed by atoms with Gasteiger partial charge >= 0.3 is 0 Å². The molecule has 0 spiro atoms. The van der Waals surface area contributed by atoms with Crippen LogP contribution in [-0.4, -0.2) is 15.4 Å². The van der Waals surface area contributed by atoms with Crippen LogP contribution in [-0.2, 0) is 11.3 Å². The molecule has 0 bridgehead atoms. The van der Waals surface area contributed by atoms with E-state index in [2.05, 4.69) is 0 Å². The zero-order valence-corrected chi connectivity index (χ0v) is 14.6. The highest BCUT2D eigenvalue weighted by Gasteiger charge is 2.40. The van der Waals surface area contributed by atoms with E-state index in [0.29, 0.717) is 12.1 Å². The van der Waals surface area contributed by atoms with Gasteiger partial charge in [0, 0.05) is 30.4 Å². The Morgan fingerprint density at radius 1 is 0.963 bits per heavy atom. The van der Waals surface area contributed by atoms with Crippen LogP contribution in [0.25, 0.3) is 5.69 Å². The number of nitrogens with zero attached hydrogens (tertiary/aromatic N) is 2. The zero-order valence-electron chi connectivity index (χ0n) is 14.6. The zero-order chi connectivity index (χ0) is 18.5. The van der Waals surface area contributed by atoms with Gasteiger partial charge in [0.15, 0.2) is 0 Å². The molecule has 1 saturated carbocycles. The van der Waals surface area contributed by atoms with Crippen molar-refractivity contribution in [2.45, 2.75) is 25.4 Å². The molecule has 27 heavy (non-hydrogen) atoms. The Labute approximate surface area is 155 Å². The molecular formula is C22H18F2N2O. The first kappa shape index (κ1) is 16.2. The van der Waals surface area contributed by atoms with Gasteiger partial charge in [0.25, 0.3) is 0 Å². The van der Waals surface area contributed by atoms with E-state index in [1.54, 1.807) is 4.90 Å². The number of hydrogen-bond acceptors (Lipinski definition) is 1. The number of halogens is 2. The molecule has 0 radical (unpaired) electrons. The van der Waals surface area contributed by atoms with Crippen molar-refractivity contribution in [1.29, 1.82) is 0 Å². The number of rotatable bonds is 2. The van der Waals surface area contributed by atoms with Crippen molar-refractivity contribution in [3.8, 4) is 5.69 Å². The quantitative estimate of drug-likeness (QED) is 0.653. The van der Waals surface area contributed by atoms with Crippen LogP contribution < -0.4 is 0 Å². The molecule has 3 aromatic rings. The van der Waals surface area contributed by atoms with Gasteiger partial charge in [0.2, 0.25) is 5.91 Å². The average Bonchev–Trinajstić information content (AvgIpc) is 3.41. The fourth-order valence-corrected chi connectivity index (χ4v) is 4.00. The van der Waals surface area contributed by atoms with E-state index in [9.17, 15) is 13.6 Å². The molecule has 5 rings (SSSR count). The van der Waals surface area contributed by atoms with Crippen LogP contribution in [0.5, 0.6) is 0 Å². The second kappa shape index (κ2) is 6.05. The molecule has 5 heteroatoms. The number of carbonyl (C=O) groups is 1. The van der Waals surface area contributed by atoms with Gasteiger partial charge in [-0.25, -0.2) is 8.78 Å². The first-order valence-electron chi connectivity index (χ1n) is 9.14. The number of carbonyl (C=O) groups excluding carboxylic acids is 1. The van der Waals surface area contributed by atoms with Gasteiger partial charge < -0.3 is 9.47 Å². The molecule has 1 atom stereocenters. The lowest BCUT2D eigenvalue weighted by atomic mass is 10.0. The average molecular weight is 364 g/mol. The highest BCUT2D eigenvalue weighted by molar-refractivity contribution is 5.82. The number of amides is 1. The lowest BCUT2D eigenvalue weighted by Gasteiger charge is -2.31. The summed E-state index contributed by atoms with van der Waals surface area (Å²) in [5.41, 5.74) is 3.29. The van der Waals surface area contributed by atoms with Gasteiger partial charge in [-0.05, 0) is 54.3 Å². The number of aromatic nitrogens is 1. The predicted octanol–water partition coefficient (Wildman–Crippen LogP) is 4.60. The summed E-state index contributed by atoms with van der Waals surface area (Å²) in [6.45, 7) is 0.413. The Hall–Kier alpha value is -2.95. The van der Waals surface area contributed by atoms with E-state index >= 15 is 0 Å². The van der Waals surface area contributed by atoms with Gasteiger partial charge in [-0.15, -0.1) is 0 Å². The summed E-state index contributed by atoms with van der Waals surface area (Å²) in [6, 6.07) is 14.7. The third-order valence-corrected chi connectivity index (χ3v) is 5.37. The maximum Gasteiger partial charge on any atom is 0.226 e. The monoisotopic (exact) mass is 364 g/mol. The van der Waals surface area contributed by atoms with Crippen LogP contribution >= 0.6 is 0 Å². The fourth-order valence-electron chi connectivity index (χ4n) is 4.00. The van der Waals surface area contributed by atoms with Crippen LogP contribution in [0.15, 0.2) is 60.8 Å². The minimum Gasteiger partial charge on any atom is -0.325 e. The van der Waals surface area contributed by atoms with E-state index in [1.165, 1.54) is 12.1 Å². The molecule has 1 aromatic heterocycles. The van der Waals surface area contributed by atoms with E-state index in [0.717, 1.165) is 35.9 Å². The maximum atomic E-state index is 14.0. The van der Waals surface area contributed by atoms with E-state index in [4.69, 9.17) is 0 Å². The van der Waals surface area contributed by atoms with Crippen molar-refractivity contribution in [3.63, 3.8) is 0 Å². The summed E-state index contributed by atoms with van der Waals surface area (Å²) in [7, 11) is 0. The number of para-hydroxylation sites is 1. The Morgan fingerprint density at radius 2 is 1.70 bits per heavy atom. The topological polar surface area (TPSA) is 25.2 Å². The Bertz CT molecular complexity index is 1020. The largest absolute Gasteiger partial charge is 0.325 e. The SMILES string of the molecule is O=C(C1CC1)N1Cc2ccccc2-n2cccc2C1c1cc(F)cc(F)c1. The molecule has 3 nitrogen and oxygen atoms in total. The summed E-state index contributed by atoms with van der Waals surface area (Å²) < 4.78 is 30.0. The molecular weight excluding hydrogens is 346 g/mol. The van der Waals surface area contributed by atoms with Crippen LogP contribution in [0.3, 0.4) is 0 Å². The normalized spacial score (nSPS) is 18.6.